The van der Waals surface area contributed by atoms with Crippen molar-refractivity contribution in [2.75, 3.05) is 6.54 Å². The first kappa shape index (κ1) is 20.3. The quantitative estimate of drug-likeness (QED) is 0.689. The molecule has 0 atom stereocenters. The second-order valence-electron chi connectivity index (χ2n) is 8.78. The van der Waals surface area contributed by atoms with Crippen LogP contribution in [0.1, 0.15) is 58.6 Å². The van der Waals surface area contributed by atoms with E-state index in [1.165, 1.54) is 4.90 Å². The molecule has 0 aromatic heterocycles. The SMILES string of the molecule is CC(C)(C)[SiH2]OC(C)(C)c1cc(CN(CC2CC2)C(=O)O)ccc1Cl. The van der Waals surface area contributed by atoms with E-state index in [-0.39, 0.29) is 5.04 Å². The van der Waals surface area contributed by atoms with Crippen LogP contribution in [0.5, 0.6) is 0 Å². The summed E-state index contributed by atoms with van der Waals surface area (Å²) in [5.41, 5.74) is 1.41. The first-order chi connectivity index (χ1) is 11.5. The number of benzene rings is 1. The molecule has 0 spiro atoms. The Hall–Kier alpha value is -1.04. The highest BCUT2D eigenvalue weighted by molar-refractivity contribution is 6.32. The first-order valence-corrected chi connectivity index (χ1v) is 10.5. The molecule has 140 valence electrons. The summed E-state index contributed by atoms with van der Waals surface area (Å²) in [6, 6.07) is 5.77. The van der Waals surface area contributed by atoms with Crippen molar-refractivity contribution in [2.24, 2.45) is 5.92 Å². The summed E-state index contributed by atoms with van der Waals surface area (Å²) in [6.07, 6.45) is 1.40. The minimum atomic E-state index is -0.862. The lowest BCUT2D eigenvalue weighted by Crippen LogP contribution is -2.31. The monoisotopic (exact) mass is 383 g/mol. The first-order valence-electron chi connectivity index (χ1n) is 8.89. The van der Waals surface area contributed by atoms with Gasteiger partial charge >= 0.3 is 6.09 Å². The van der Waals surface area contributed by atoms with E-state index in [2.05, 4.69) is 20.8 Å². The normalized spacial score (nSPS) is 15.8. The highest BCUT2D eigenvalue weighted by Gasteiger charge is 2.29. The maximum atomic E-state index is 11.5. The second-order valence-corrected chi connectivity index (χ2v) is 11.9. The minimum Gasteiger partial charge on any atom is -0.465 e. The molecule has 0 unspecified atom stereocenters. The molecule has 1 fully saturated rings. The van der Waals surface area contributed by atoms with Crippen molar-refractivity contribution < 1.29 is 14.3 Å². The number of hydrogen-bond acceptors (Lipinski definition) is 2. The van der Waals surface area contributed by atoms with Gasteiger partial charge in [0.25, 0.3) is 0 Å². The summed E-state index contributed by atoms with van der Waals surface area (Å²) in [5.74, 6) is 0.528. The summed E-state index contributed by atoms with van der Waals surface area (Å²) in [4.78, 5) is 13.0. The molecule has 0 radical (unpaired) electrons. The largest absolute Gasteiger partial charge is 0.465 e. The van der Waals surface area contributed by atoms with Crippen LogP contribution in [0.15, 0.2) is 18.2 Å². The summed E-state index contributed by atoms with van der Waals surface area (Å²) in [7, 11) is -0.732. The number of rotatable bonds is 7. The fraction of sp³-hybridized carbons (Fsp3) is 0.632. The smallest absolute Gasteiger partial charge is 0.407 e. The van der Waals surface area contributed by atoms with Gasteiger partial charge in [-0.2, -0.15) is 0 Å². The zero-order chi connectivity index (χ0) is 18.8. The van der Waals surface area contributed by atoms with Gasteiger partial charge in [0.1, 0.15) is 0 Å². The Morgan fingerprint density at radius 2 is 1.96 bits per heavy atom. The molecule has 4 nitrogen and oxygen atoms in total. The lowest BCUT2D eigenvalue weighted by molar-refractivity contribution is 0.109. The van der Waals surface area contributed by atoms with Crippen LogP contribution in [0.4, 0.5) is 4.79 Å². The van der Waals surface area contributed by atoms with Crippen LogP contribution in [0.3, 0.4) is 0 Å². The van der Waals surface area contributed by atoms with Gasteiger partial charge in [-0.05, 0) is 55.3 Å². The van der Waals surface area contributed by atoms with Gasteiger partial charge in [-0.25, -0.2) is 4.79 Å². The predicted octanol–water partition coefficient (Wildman–Crippen LogP) is 4.78. The summed E-state index contributed by atoms with van der Waals surface area (Å²) in [5, 5.41) is 10.3. The molecule has 0 heterocycles. The summed E-state index contributed by atoms with van der Waals surface area (Å²) < 4.78 is 6.27. The highest BCUT2D eigenvalue weighted by Crippen LogP contribution is 2.35. The number of hydrogen-bond donors (Lipinski definition) is 1. The van der Waals surface area contributed by atoms with Crippen molar-refractivity contribution in [1.82, 2.24) is 4.90 Å². The summed E-state index contributed by atoms with van der Waals surface area (Å²) in [6.45, 7) is 11.7. The van der Waals surface area contributed by atoms with E-state index < -0.39 is 21.5 Å². The van der Waals surface area contributed by atoms with Crippen LogP contribution >= 0.6 is 11.6 Å². The van der Waals surface area contributed by atoms with Gasteiger partial charge in [-0.1, -0.05) is 38.4 Å². The van der Waals surface area contributed by atoms with Crippen LogP contribution in [-0.4, -0.2) is 32.4 Å². The average molecular weight is 384 g/mol. The predicted molar refractivity (Wildman–Crippen MR) is 105 cm³/mol. The number of carbonyl (C=O) groups is 1. The molecule has 1 N–H and O–H groups in total. The number of amides is 1. The van der Waals surface area contributed by atoms with Gasteiger partial charge in [0.15, 0.2) is 9.76 Å². The van der Waals surface area contributed by atoms with E-state index in [0.717, 1.165) is 24.0 Å². The molecule has 0 saturated heterocycles. The van der Waals surface area contributed by atoms with Crippen molar-refractivity contribution in [3.8, 4) is 0 Å². The van der Waals surface area contributed by atoms with Crippen LogP contribution < -0.4 is 0 Å². The molecule has 1 aliphatic carbocycles. The second kappa shape index (κ2) is 7.68. The van der Waals surface area contributed by atoms with E-state index in [1.54, 1.807) is 0 Å². The van der Waals surface area contributed by atoms with E-state index in [4.69, 9.17) is 16.0 Å². The zero-order valence-electron chi connectivity index (χ0n) is 15.9. The Bertz CT molecular complexity index is 624. The van der Waals surface area contributed by atoms with Gasteiger partial charge in [-0.3, -0.25) is 0 Å². The minimum absolute atomic E-state index is 0.200. The number of halogens is 1. The lowest BCUT2D eigenvalue weighted by atomic mass is 9.96. The third kappa shape index (κ3) is 6.32. The van der Waals surface area contributed by atoms with Crippen molar-refractivity contribution in [3.05, 3.63) is 34.3 Å². The van der Waals surface area contributed by atoms with Crippen LogP contribution in [0.2, 0.25) is 10.1 Å². The third-order valence-corrected chi connectivity index (χ3v) is 6.43. The molecule has 1 aromatic carbocycles. The Labute approximate surface area is 158 Å². The van der Waals surface area contributed by atoms with Crippen LogP contribution in [0, 0.1) is 5.92 Å². The van der Waals surface area contributed by atoms with Crippen molar-refractivity contribution in [3.63, 3.8) is 0 Å². The third-order valence-electron chi connectivity index (χ3n) is 4.36. The standard InChI is InChI=1S/C19H30ClNO3Si/c1-18(2,3)25-24-19(4,5)15-10-14(8-9-16(15)20)12-21(17(22)23)11-13-6-7-13/h8-10,13H,6-7,11-12,25H2,1-5H3,(H,22,23). The molecule has 2 rings (SSSR count). The van der Waals surface area contributed by atoms with Gasteiger partial charge in [0.05, 0.1) is 5.60 Å². The zero-order valence-corrected chi connectivity index (χ0v) is 18.1. The molecule has 25 heavy (non-hydrogen) atoms. The van der Waals surface area contributed by atoms with Crippen molar-refractivity contribution in [1.29, 1.82) is 0 Å². The Kier molecular flexibility index (Phi) is 6.23. The van der Waals surface area contributed by atoms with Gasteiger partial charge in [-0.15, -0.1) is 0 Å². The van der Waals surface area contributed by atoms with Crippen molar-refractivity contribution in [2.45, 2.75) is 64.6 Å². The molecule has 0 aliphatic heterocycles. The topological polar surface area (TPSA) is 49.8 Å². The Balaban J connectivity index is 2.16. The Morgan fingerprint density at radius 3 is 2.48 bits per heavy atom. The average Bonchev–Trinajstić information content (AvgIpc) is 3.29. The van der Waals surface area contributed by atoms with E-state index in [1.807, 2.05) is 32.0 Å². The Morgan fingerprint density at radius 1 is 1.32 bits per heavy atom. The molecule has 1 aromatic rings. The van der Waals surface area contributed by atoms with Gasteiger partial charge < -0.3 is 14.4 Å². The molecular formula is C19H30ClNO3Si. The summed E-state index contributed by atoms with van der Waals surface area (Å²) >= 11 is 6.43. The fourth-order valence-electron chi connectivity index (χ4n) is 2.65. The molecule has 6 heteroatoms. The maximum Gasteiger partial charge on any atom is 0.407 e. The number of carboxylic acid groups (broad SMARTS) is 1. The van der Waals surface area contributed by atoms with Gasteiger partial charge in [0.2, 0.25) is 0 Å². The van der Waals surface area contributed by atoms with E-state index in [9.17, 15) is 9.90 Å². The maximum absolute atomic E-state index is 11.5. The molecule has 1 amide bonds. The van der Waals surface area contributed by atoms with E-state index in [0.29, 0.717) is 24.0 Å². The van der Waals surface area contributed by atoms with Gasteiger partial charge in [0, 0.05) is 23.7 Å². The fourth-order valence-corrected chi connectivity index (χ4v) is 3.94. The van der Waals surface area contributed by atoms with Crippen molar-refractivity contribution >= 4 is 27.5 Å². The van der Waals surface area contributed by atoms with Crippen LogP contribution in [-0.2, 0) is 16.6 Å². The van der Waals surface area contributed by atoms with Crippen LogP contribution in [0.25, 0.3) is 0 Å². The molecule has 1 saturated carbocycles. The lowest BCUT2D eigenvalue weighted by Gasteiger charge is -2.31. The molecule has 1 aliphatic rings. The van der Waals surface area contributed by atoms with E-state index >= 15 is 0 Å². The number of nitrogens with zero attached hydrogens (tertiary/aromatic N) is 1. The molecule has 0 bridgehead atoms. The molecular weight excluding hydrogens is 354 g/mol. The highest BCUT2D eigenvalue weighted by atomic mass is 35.5.